The Morgan fingerprint density at radius 2 is 1.38 bits per heavy atom. The van der Waals surface area contributed by atoms with Crippen LogP contribution in [-0.2, 0) is 0 Å². The number of hydrogen-bond acceptors (Lipinski definition) is 2. The van der Waals surface area contributed by atoms with Gasteiger partial charge in [0.1, 0.15) is 0 Å². The second-order valence-electron chi connectivity index (χ2n) is 0.283. The largest absolute Gasteiger partial charge is 2.00 e. The monoisotopic (exact) mass is 158 g/mol. The van der Waals surface area contributed by atoms with Gasteiger partial charge in [-0.3, -0.25) is 4.66 Å². The summed E-state index contributed by atoms with van der Waals surface area (Å²) in [6.07, 6.45) is -1.83. The van der Waals surface area contributed by atoms with Crippen LogP contribution >= 0.6 is 11.9 Å². The standard InChI is InChI=1S/CH2O3.ClHO.Mg.H2O.2H/c2-1(3)4;1-2;;;;/h(H2,2,3,4);2H;;1H2;;/q;;+2;;2*-1. The van der Waals surface area contributed by atoms with Gasteiger partial charge in [-0.15, -0.1) is 0 Å². The molecule has 0 aromatic rings. The normalized spacial score (nSPS) is 3.75. The summed E-state index contributed by atoms with van der Waals surface area (Å²) in [4.78, 5) is 8.56. The van der Waals surface area contributed by atoms with E-state index in [2.05, 4.69) is 11.9 Å². The van der Waals surface area contributed by atoms with Crippen LogP contribution in [0.25, 0.3) is 0 Å². The van der Waals surface area contributed by atoms with Gasteiger partial charge < -0.3 is 18.5 Å². The zero-order valence-electron chi connectivity index (χ0n) is 5.83. The Kier molecular flexibility index (Phi) is 80.5. The third-order valence-electron chi connectivity index (χ3n) is 0. The summed E-state index contributed by atoms with van der Waals surface area (Å²) in [7, 11) is 0. The van der Waals surface area contributed by atoms with Crippen molar-refractivity contribution >= 4 is 41.1 Å². The number of carboxylic acid groups (broad SMARTS) is 2. The van der Waals surface area contributed by atoms with Crippen LogP contribution in [-0.4, -0.2) is 49.6 Å². The summed E-state index contributed by atoms with van der Waals surface area (Å²) in [6, 6.07) is 0. The van der Waals surface area contributed by atoms with Gasteiger partial charge in [0.25, 0.3) is 0 Å². The Morgan fingerprint density at radius 1 is 1.38 bits per heavy atom. The van der Waals surface area contributed by atoms with Crippen molar-refractivity contribution < 1.29 is 28.0 Å². The van der Waals surface area contributed by atoms with E-state index in [1.807, 2.05) is 0 Å². The maximum absolute atomic E-state index is 8.56. The molecule has 0 amide bonds. The van der Waals surface area contributed by atoms with Crippen molar-refractivity contribution in [3.8, 4) is 0 Å². The molecule has 0 aliphatic heterocycles. The average Bonchev–Trinajstić information content (AvgIpc) is 1.41. The zero-order valence-corrected chi connectivity index (χ0v) is 6.01. The zero-order chi connectivity index (χ0) is 5.58. The minimum atomic E-state index is -1.83. The molecule has 0 bridgehead atoms. The molecule has 0 saturated heterocycles. The first kappa shape index (κ1) is 24.0. The van der Waals surface area contributed by atoms with Crippen LogP contribution in [0, 0.1) is 0 Å². The Labute approximate surface area is 69.5 Å². The van der Waals surface area contributed by atoms with E-state index in [0.717, 1.165) is 0 Å². The molecule has 0 radical (unpaired) electrons. The molecule has 7 heteroatoms. The van der Waals surface area contributed by atoms with E-state index in [0.29, 0.717) is 0 Å². The molecule has 0 unspecified atom stereocenters. The van der Waals surface area contributed by atoms with Gasteiger partial charge in [-0.1, -0.05) is 0 Å². The molecule has 0 aliphatic rings. The first-order valence-corrected chi connectivity index (χ1v) is 1.16. The number of halogens is 1. The Hall–Kier alpha value is 0.246. The predicted molar refractivity (Wildman–Crippen MR) is 30.3 cm³/mol. The fourth-order valence-corrected chi connectivity index (χ4v) is 0. The van der Waals surface area contributed by atoms with E-state index < -0.39 is 6.16 Å². The van der Waals surface area contributed by atoms with Crippen molar-refractivity contribution in [2.24, 2.45) is 0 Å². The van der Waals surface area contributed by atoms with Crippen LogP contribution in [0.4, 0.5) is 4.79 Å². The van der Waals surface area contributed by atoms with Crippen molar-refractivity contribution in [1.82, 2.24) is 0 Å². The molecule has 0 spiro atoms. The third-order valence-corrected chi connectivity index (χ3v) is 0. The molecular weight excluding hydrogens is 152 g/mol. The first-order valence-electron chi connectivity index (χ1n) is 0.820. The molecule has 0 fully saturated rings. The van der Waals surface area contributed by atoms with Crippen molar-refractivity contribution in [2.75, 3.05) is 0 Å². The van der Waals surface area contributed by atoms with Crippen LogP contribution in [0.2, 0.25) is 0 Å². The second-order valence-corrected chi connectivity index (χ2v) is 0.283. The molecular formula is CH7ClMgO5. The van der Waals surface area contributed by atoms with E-state index in [1.165, 1.54) is 0 Å². The van der Waals surface area contributed by atoms with Gasteiger partial charge in [0.15, 0.2) is 0 Å². The molecule has 5 N–H and O–H groups in total. The van der Waals surface area contributed by atoms with Crippen LogP contribution in [0.15, 0.2) is 0 Å². The van der Waals surface area contributed by atoms with Gasteiger partial charge in [0, 0.05) is 0 Å². The van der Waals surface area contributed by atoms with Gasteiger partial charge in [-0.05, 0) is 0 Å². The predicted octanol–water partition coefficient (Wildman–Crippen LogP) is -0.626. The van der Waals surface area contributed by atoms with Crippen molar-refractivity contribution in [2.45, 2.75) is 0 Å². The van der Waals surface area contributed by atoms with Crippen LogP contribution in [0.1, 0.15) is 2.85 Å². The third kappa shape index (κ3) is 2840. The summed E-state index contributed by atoms with van der Waals surface area (Å²) in [5.74, 6) is 0. The second kappa shape index (κ2) is 26.8. The van der Waals surface area contributed by atoms with Gasteiger partial charge in [-0.25, -0.2) is 4.79 Å². The van der Waals surface area contributed by atoms with Crippen molar-refractivity contribution in [1.29, 1.82) is 0 Å². The SMILES string of the molecule is O.O=C(O)O.OCl.[H-].[H-].[Mg+2]. The topological polar surface area (TPSA) is 109 Å². The van der Waals surface area contributed by atoms with Crippen LogP contribution in [0.3, 0.4) is 0 Å². The van der Waals surface area contributed by atoms with E-state index in [9.17, 15) is 0 Å². The fraction of sp³-hybridized carbons (Fsp3) is 0. The molecule has 0 aromatic heterocycles. The average molecular weight is 159 g/mol. The minimum Gasteiger partial charge on any atom is -1.00 e. The minimum absolute atomic E-state index is 0. The van der Waals surface area contributed by atoms with E-state index >= 15 is 0 Å². The summed E-state index contributed by atoms with van der Waals surface area (Å²) in [5.41, 5.74) is 0. The fourth-order valence-electron chi connectivity index (χ4n) is 0. The van der Waals surface area contributed by atoms with Gasteiger partial charge >= 0.3 is 29.2 Å². The Balaban J connectivity index is -0.00000000625. The summed E-state index contributed by atoms with van der Waals surface area (Å²) in [6.45, 7) is 0. The van der Waals surface area contributed by atoms with Gasteiger partial charge in [-0.2, -0.15) is 0 Å². The van der Waals surface area contributed by atoms with Crippen molar-refractivity contribution in [3.05, 3.63) is 0 Å². The van der Waals surface area contributed by atoms with Gasteiger partial charge in [0.2, 0.25) is 0 Å². The maximum atomic E-state index is 8.56. The molecule has 5 nitrogen and oxygen atoms in total. The Bertz CT molecular complexity index is 42.6. The summed E-state index contributed by atoms with van der Waals surface area (Å²) >= 11 is 3.64. The number of rotatable bonds is 0. The van der Waals surface area contributed by atoms with E-state index in [4.69, 9.17) is 19.7 Å². The summed E-state index contributed by atoms with van der Waals surface area (Å²) < 4.78 is 6.47. The van der Waals surface area contributed by atoms with E-state index in [1.54, 1.807) is 0 Å². The molecule has 8 heavy (non-hydrogen) atoms. The summed E-state index contributed by atoms with van der Waals surface area (Å²) in [5, 5.41) is 13.9. The molecule has 0 atom stereocenters. The van der Waals surface area contributed by atoms with Crippen molar-refractivity contribution in [3.63, 3.8) is 0 Å². The van der Waals surface area contributed by atoms with Gasteiger partial charge in [0.05, 0.1) is 11.9 Å². The quantitative estimate of drug-likeness (QED) is 0.408. The van der Waals surface area contributed by atoms with Crippen LogP contribution < -0.4 is 0 Å². The maximum Gasteiger partial charge on any atom is 2.00 e. The molecule has 50 valence electrons. The molecule has 0 aliphatic carbocycles. The molecule has 0 saturated carbocycles. The molecule has 0 rings (SSSR count). The number of hydrogen-bond donors (Lipinski definition) is 3. The molecule has 0 heterocycles. The number of carbonyl (C=O) groups is 1. The van der Waals surface area contributed by atoms with Crippen LogP contribution in [0.5, 0.6) is 0 Å². The van der Waals surface area contributed by atoms with E-state index in [-0.39, 0.29) is 31.4 Å². The first-order chi connectivity index (χ1) is 2.73. The molecule has 0 aromatic carbocycles. The Morgan fingerprint density at radius 3 is 1.38 bits per heavy atom. The smallest absolute Gasteiger partial charge is 1.00 e.